The number of pyridine rings is 1. The summed E-state index contributed by atoms with van der Waals surface area (Å²) < 4.78 is 9.55. The monoisotopic (exact) mass is 302 g/mol. The Kier molecular flexibility index (Phi) is 5.93. The van der Waals surface area contributed by atoms with Crippen molar-refractivity contribution in [3.05, 3.63) is 23.9 Å². The van der Waals surface area contributed by atoms with Crippen molar-refractivity contribution >= 4 is 21.9 Å². The van der Waals surface area contributed by atoms with Crippen molar-refractivity contribution in [2.24, 2.45) is 0 Å². The van der Waals surface area contributed by atoms with E-state index in [1.807, 2.05) is 6.07 Å². The molecule has 0 radical (unpaired) electrons. The van der Waals surface area contributed by atoms with Crippen LogP contribution >= 0.6 is 15.9 Å². The highest BCUT2D eigenvalue weighted by molar-refractivity contribution is 9.10. The van der Waals surface area contributed by atoms with Crippen LogP contribution in [-0.4, -0.2) is 36.5 Å². The van der Waals surface area contributed by atoms with Crippen LogP contribution in [0.1, 0.15) is 5.56 Å². The second kappa shape index (κ2) is 7.24. The van der Waals surface area contributed by atoms with Gasteiger partial charge in [0, 0.05) is 25.4 Å². The number of nitrogens with one attached hydrogen (secondary N) is 1. The SMILES string of the molecule is COC(=O)C(Br)CNCc1ccc(OC)nc1. The summed E-state index contributed by atoms with van der Waals surface area (Å²) in [5, 5.41) is 3.13. The van der Waals surface area contributed by atoms with Gasteiger partial charge in [0.15, 0.2) is 0 Å². The van der Waals surface area contributed by atoms with Crippen molar-refractivity contribution < 1.29 is 14.3 Å². The van der Waals surface area contributed by atoms with E-state index in [2.05, 4.69) is 31.0 Å². The van der Waals surface area contributed by atoms with Gasteiger partial charge >= 0.3 is 5.97 Å². The molecule has 1 unspecified atom stereocenters. The number of aromatic nitrogens is 1. The van der Waals surface area contributed by atoms with Crippen molar-refractivity contribution in [3.8, 4) is 5.88 Å². The molecule has 1 heterocycles. The molecule has 0 aliphatic rings. The maximum absolute atomic E-state index is 11.1. The Morgan fingerprint density at radius 1 is 1.53 bits per heavy atom. The second-order valence-electron chi connectivity index (χ2n) is 3.33. The van der Waals surface area contributed by atoms with E-state index in [0.29, 0.717) is 19.0 Å². The molecule has 1 atom stereocenters. The van der Waals surface area contributed by atoms with Crippen LogP contribution < -0.4 is 10.1 Å². The first-order chi connectivity index (χ1) is 8.17. The first kappa shape index (κ1) is 13.9. The van der Waals surface area contributed by atoms with Crippen LogP contribution in [0.25, 0.3) is 0 Å². The number of ether oxygens (including phenoxy) is 2. The van der Waals surface area contributed by atoms with Crippen molar-refractivity contribution in [2.45, 2.75) is 11.4 Å². The molecule has 1 aromatic rings. The number of alkyl halides is 1. The van der Waals surface area contributed by atoms with Gasteiger partial charge in [-0.1, -0.05) is 22.0 Å². The summed E-state index contributed by atoms with van der Waals surface area (Å²) in [6.45, 7) is 1.13. The average Bonchev–Trinajstić information content (AvgIpc) is 2.38. The normalized spacial score (nSPS) is 11.9. The highest BCUT2D eigenvalue weighted by Gasteiger charge is 2.13. The van der Waals surface area contributed by atoms with E-state index in [0.717, 1.165) is 5.56 Å². The first-order valence-electron chi connectivity index (χ1n) is 5.09. The van der Waals surface area contributed by atoms with Gasteiger partial charge in [0.25, 0.3) is 0 Å². The summed E-state index contributed by atoms with van der Waals surface area (Å²) in [5.74, 6) is 0.298. The molecule has 0 spiro atoms. The van der Waals surface area contributed by atoms with Crippen LogP contribution in [0, 0.1) is 0 Å². The van der Waals surface area contributed by atoms with E-state index < -0.39 is 0 Å². The molecule has 0 saturated heterocycles. The zero-order chi connectivity index (χ0) is 12.7. The maximum Gasteiger partial charge on any atom is 0.320 e. The maximum atomic E-state index is 11.1. The summed E-state index contributed by atoms with van der Waals surface area (Å²) >= 11 is 3.23. The van der Waals surface area contributed by atoms with Gasteiger partial charge < -0.3 is 14.8 Å². The zero-order valence-electron chi connectivity index (χ0n) is 9.77. The second-order valence-corrected chi connectivity index (χ2v) is 4.44. The minimum Gasteiger partial charge on any atom is -0.481 e. The fraction of sp³-hybridized carbons (Fsp3) is 0.455. The highest BCUT2D eigenvalue weighted by atomic mass is 79.9. The molecular formula is C11H15BrN2O3. The highest BCUT2D eigenvalue weighted by Crippen LogP contribution is 2.06. The van der Waals surface area contributed by atoms with Gasteiger partial charge in [-0.2, -0.15) is 0 Å². The molecule has 1 rings (SSSR count). The van der Waals surface area contributed by atoms with E-state index in [1.165, 1.54) is 7.11 Å². The molecule has 0 aromatic carbocycles. The fourth-order valence-corrected chi connectivity index (χ4v) is 1.61. The topological polar surface area (TPSA) is 60.5 Å². The minimum absolute atomic E-state index is 0.287. The smallest absolute Gasteiger partial charge is 0.320 e. The number of hydrogen-bond acceptors (Lipinski definition) is 5. The molecule has 0 saturated carbocycles. The lowest BCUT2D eigenvalue weighted by Crippen LogP contribution is -2.29. The minimum atomic E-state index is -0.335. The first-order valence-corrected chi connectivity index (χ1v) is 6.00. The van der Waals surface area contributed by atoms with Crippen LogP contribution in [0.15, 0.2) is 18.3 Å². The summed E-state index contributed by atoms with van der Waals surface area (Å²) in [6, 6.07) is 3.71. The summed E-state index contributed by atoms with van der Waals surface area (Å²) in [4.78, 5) is 14.8. The third-order valence-corrected chi connectivity index (χ3v) is 2.81. The number of halogens is 1. The van der Waals surface area contributed by atoms with E-state index in [9.17, 15) is 4.79 Å². The largest absolute Gasteiger partial charge is 0.481 e. The van der Waals surface area contributed by atoms with Crippen molar-refractivity contribution in [2.75, 3.05) is 20.8 Å². The molecule has 17 heavy (non-hydrogen) atoms. The number of hydrogen-bond donors (Lipinski definition) is 1. The number of rotatable bonds is 6. The van der Waals surface area contributed by atoms with Gasteiger partial charge in [0.05, 0.1) is 14.2 Å². The predicted octanol–water partition coefficient (Wildman–Crippen LogP) is 1.12. The Morgan fingerprint density at radius 3 is 2.82 bits per heavy atom. The molecule has 0 bridgehead atoms. The Balaban J connectivity index is 2.33. The molecular weight excluding hydrogens is 288 g/mol. The number of methoxy groups -OCH3 is 2. The van der Waals surface area contributed by atoms with Crippen molar-refractivity contribution in [3.63, 3.8) is 0 Å². The van der Waals surface area contributed by atoms with Gasteiger partial charge in [-0.15, -0.1) is 0 Å². The van der Waals surface area contributed by atoms with E-state index in [4.69, 9.17) is 4.74 Å². The molecule has 0 amide bonds. The standard InChI is InChI=1S/C11H15BrN2O3/c1-16-10-4-3-8(6-14-10)5-13-7-9(12)11(15)17-2/h3-4,6,9,13H,5,7H2,1-2H3. The van der Waals surface area contributed by atoms with E-state index in [-0.39, 0.29) is 10.8 Å². The molecule has 6 heteroatoms. The van der Waals surface area contributed by atoms with Gasteiger partial charge in [0.2, 0.25) is 5.88 Å². The number of nitrogens with zero attached hydrogens (tertiary/aromatic N) is 1. The predicted molar refractivity (Wildman–Crippen MR) is 67.2 cm³/mol. The lowest BCUT2D eigenvalue weighted by atomic mass is 10.3. The molecule has 0 aliphatic heterocycles. The quantitative estimate of drug-likeness (QED) is 0.630. The third kappa shape index (κ3) is 4.70. The Morgan fingerprint density at radius 2 is 2.29 bits per heavy atom. The van der Waals surface area contributed by atoms with Crippen LogP contribution in [0.4, 0.5) is 0 Å². The molecule has 1 N–H and O–H groups in total. The molecule has 94 valence electrons. The lowest BCUT2D eigenvalue weighted by molar-refractivity contribution is -0.139. The Labute approximate surface area is 109 Å². The van der Waals surface area contributed by atoms with Crippen molar-refractivity contribution in [1.82, 2.24) is 10.3 Å². The van der Waals surface area contributed by atoms with E-state index in [1.54, 1.807) is 19.4 Å². The summed E-state index contributed by atoms with van der Waals surface area (Å²) in [5.41, 5.74) is 1.02. The van der Waals surface area contributed by atoms with Crippen LogP contribution in [0.2, 0.25) is 0 Å². The molecule has 0 aliphatic carbocycles. The Hall–Kier alpha value is -1.14. The van der Waals surface area contributed by atoms with Gasteiger partial charge in [0.1, 0.15) is 4.83 Å². The van der Waals surface area contributed by atoms with Gasteiger partial charge in [-0.3, -0.25) is 4.79 Å². The fourth-order valence-electron chi connectivity index (χ4n) is 1.19. The van der Waals surface area contributed by atoms with Crippen LogP contribution in [0.5, 0.6) is 5.88 Å². The van der Waals surface area contributed by atoms with Crippen LogP contribution in [-0.2, 0) is 16.1 Å². The summed E-state index contributed by atoms with van der Waals surface area (Å²) in [6.07, 6.45) is 1.73. The third-order valence-electron chi connectivity index (χ3n) is 2.12. The Bertz CT molecular complexity index is 356. The zero-order valence-corrected chi connectivity index (χ0v) is 11.4. The molecule has 0 fully saturated rings. The number of carbonyl (C=O) groups is 1. The number of esters is 1. The van der Waals surface area contributed by atoms with E-state index >= 15 is 0 Å². The van der Waals surface area contributed by atoms with Crippen LogP contribution in [0.3, 0.4) is 0 Å². The van der Waals surface area contributed by atoms with Gasteiger partial charge in [-0.05, 0) is 5.56 Å². The van der Waals surface area contributed by atoms with Crippen molar-refractivity contribution in [1.29, 1.82) is 0 Å². The summed E-state index contributed by atoms with van der Waals surface area (Å²) in [7, 11) is 2.94. The molecule has 1 aromatic heterocycles. The average molecular weight is 303 g/mol. The lowest BCUT2D eigenvalue weighted by Gasteiger charge is -2.09. The molecule has 5 nitrogen and oxygen atoms in total. The number of carbonyl (C=O) groups excluding carboxylic acids is 1. The van der Waals surface area contributed by atoms with Gasteiger partial charge in [-0.25, -0.2) is 4.98 Å².